The van der Waals surface area contributed by atoms with Crippen LogP contribution in [-0.2, 0) is 6.42 Å². The summed E-state index contributed by atoms with van der Waals surface area (Å²) < 4.78 is 0. The molecule has 0 spiro atoms. The lowest BCUT2D eigenvalue weighted by molar-refractivity contribution is 0.427. The number of nitrogens with one attached hydrogen (secondary N) is 1. The zero-order chi connectivity index (χ0) is 14.8. The van der Waals surface area contributed by atoms with Gasteiger partial charge in [0, 0.05) is 6.04 Å². The van der Waals surface area contributed by atoms with Crippen molar-refractivity contribution < 1.29 is 0 Å². The topological polar surface area (TPSA) is 12.0 Å². The largest absolute Gasteiger partial charge is 0.303 e. The Hall–Kier alpha value is -1.60. The third kappa shape index (κ3) is 2.89. The van der Waals surface area contributed by atoms with Gasteiger partial charge in [-0.15, -0.1) is 0 Å². The molecular weight excluding hydrogens is 254 g/mol. The van der Waals surface area contributed by atoms with E-state index in [-0.39, 0.29) is 0 Å². The maximum Gasteiger partial charge on any atom is 0.0581 e. The first-order valence-electron chi connectivity index (χ1n) is 8.12. The second-order valence-electron chi connectivity index (χ2n) is 6.43. The van der Waals surface area contributed by atoms with Gasteiger partial charge in [-0.1, -0.05) is 69.3 Å². The van der Waals surface area contributed by atoms with Gasteiger partial charge in [0.15, 0.2) is 0 Å². The normalized spacial score (nSPS) is 21.3. The van der Waals surface area contributed by atoms with E-state index in [1.807, 2.05) is 0 Å². The van der Waals surface area contributed by atoms with Crippen molar-refractivity contribution in [3.05, 3.63) is 70.8 Å². The van der Waals surface area contributed by atoms with Crippen LogP contribution >= 0.6 is 0 Å². The van der Waals surface area contributed by atoms with Crippen molar-refractivity contribution in [3.8, 4) is 0 Å². The van der Waals surface area contributed by atoms with Gasteiger partial charge < -0.3 is 5.32 Å². The molecule has 21 heavy (non-hydrogen) atoms. The Kier molecular flexibility index (Phi) is 4.12. The molecule has 0 aliphatic carbocycles. The summed E-state index contributed by atoms with van der Waals surface area (Å²) in [7, 11) is 0. The van der Waals surface area contributed by atoms with Crippen molar-refractivity contribution in [2.45, 2.75) is 51.6 Å². The minimum absolute atomic E-state index is 0.332. The lowest BCUT2D eigenvalue weighted by Crippen LogP contribution is -2.39. The van der Waals surface area contributed by atoms with E-state index in [0.29, 0.717) is 18.0 Å². The minimum atomic E-state index is 0.332. The highest BCUT2D eigenvalue weighted by Gasteiger charge is 2.26. The number of rotatable bonds is 3. The molecule has 2 atom stereocenters. The van der Waals surface area contributed by atoms with Crippen LogP contribution in [0.1, 0.15) is 61.4 Å². The SMILES string of the molecule is CCC1Cc2ccc(C(C)C)cc2C(c2ccccc2)N1. The number of fused-ring (bicyclic) bond motifs is 1. The van der Waals surface area contributed by atoms with Crippen LogP contribution in [0.3, 0.4) is 0 Å². The molecule has 0 amide bonds. The molecule has 1 heterocycles. The zero-order valence-corrected chi connectivity index (χ0v) is 13.3. The van der Waals surface area contributed by atoms with Crippen molar-refractivity contribution in [2.24, 2.45) is 0 Å². The molecule has 0 radical (unpaired) electrons. The van der Waals surface area contributed by atoms with Gasteiger partial charge in [0.25, 0.3) is 0 Å². The summed E-state index contributed by atoms with van der Waals surface area (Å²) in [6.07, 6.45) is 2.32. The van der Waals surface area contributed by atoms with Crippen molar-refractivity contribution in [2.75, 3.05) is 0 Å². The van der Waals surface area contributed by atoms with Gasteiger partial charge >= 0.3 is 0 Å². The van der Waals surface area contributed by atoms with Gasteiger partial charge in [-0.3, -0.25) is 0 Å². The Morgan fingerprint density at radius 2 is 1.86 bits per heavy atom. The van der Waals surface area contributed by atoms with Crippen molar-refractivity contribution >= 4 is 0 Å². The van der Waals surface area contributed by atoms with Crippen LogP contribution in [0.5, 0.6) is 0 Å². The van der Waals surface area contributed by atoms with Gasteiger partial charge in [0.1, 0.15) is 0 Å². The van der Waals surface area contributed by atoms with Crippen molar-refractivity contribution in [3.63, 3.8) is 0 Å². The molecule has 1 nitrogen and oxygen atoms in total. The summed E-state index contributed by atoms with van der Waals surface area (Å²) in [4.78, 5) is 0. The van der Waals surface area contributed by atoms with E-state index in [1.54, 1.807) is 0 Å². The van der Waals surface area contributed by atoms with Crippen LogP contribution in [0.2, 0.25) is 0 Å². The maximum atomic E-state index is 3.84. The first kappa shape index (κ1) is 14.3. The third-order valence-corrected chi connectivity index (χ3v) is 4.64. The molecule has 1 N–H and O–H groups in total. The van der Waals surface area contributed by atoms with E-state index >= 15 is 0 Å². The fourth-order valence-electron chi connectivity index (χ4n) is 3.26. The molecular formula is C20H25N. The summed E-state index contributed by atoms with van der Waals surface area (Å²) in [5.41, 5.74) is 5.79. The van der Waals surface area contributed by atoms with Crippen LogP contribution in [0, 0.1) is 0 Å². The Balaban J connectivity index is 2.06. The smallest absolute Gasteiger partial charge is 0.0581 e. The van der Waals surface area contributed by atoms with Gasteiger partial charge in [0.2, 0.25) is 0 Å². The van der Waals surface area contributed by atoms with Gasteiger partial charge in [-0.2, -0.15) is 0 Å². The quantitative estimate of drug-likeness (QED) is 0.849. The third-order valence-electron chi connectivity index (χ3n) is 4.64. The van der Waals surface area contributed by atoms with Crippen LogP contribution < -0.4 is 5.32 Å². The Morgan fingerprint density at radius 1 is 1.10 bits per heavy atom. The van der Waals surface area contributed by atoms with Crippen LogP contribution in [0.25, 0.3) is 0 Å². The predicted octanol–water partition coefficient (Wildman–Crippen LogP) is 4.82. The first-order chi connectivity index (χ1) is 10.2. The van der Waals surface area contributed by atoms with E-state index in [0.717, 1.165) is 6.42 Å². The molecule has 2 aromatic carbocycles. The highest BCUT2D eigenvalue weighted by Crippen LogP contribution is 2.33. The predicted molar refractivity (Wildman–Crippen MR) is 89.7 cm³/mol. The first-order valence-corrected chi connectivity index (χ1v) is 8.12. The molecule has 0 bridgehead atoms. The molecule has 1 aliphatic rings. The molecule has 0 fully saturated rings. The van der Waals surface area contributed by atoms with Crippen LogP contribution in [0.15, 0.2) is 48.5 Å². The number of hydrogen-bond acceptors (Lipinski definition) is 1. The summed E-state index contributed by atoms with van der Waals surface area (Å²) >= 11 is 0. The van der Waals surface area contributed by atoms with Crippen LogP contribution in [-0.4, -0.2) is 6.04 Å². The lowest BCUT2D eigenvalue weighted by atomic mass is 9.84. The molecule has 1 aliphatic heterocycles. The van der Waals surface area contributed by atoms with E-state index in [9.17, 15) is 0 Å². The molecule has 1 heteroatoms. The van der Waals surface area contributed by atoms with Gasteiger partial charge in [0.05, 0.1) is 6.04 Å². The van der Waals surface area contributed by atoms with E-state index in [2.05, 4.69) is 74.6 Å². The lowest BCUT2D eigenvalue weighted by Gasteiger charge is -2.34. The summed E-state index contributed by atoms with van der Waals surface area (Å²) in [5, 5.41) is 3.84. The summed E-state index contributed by atoms with van der Waals surface area (Å²) in [5.74, 6) is 0.579. The molecule has 2 unspecified atom stereocenters. The average molecular weight is 279 g/mol. The van der Waals surface area contributed by atoms with E-state index in [4.69, 9.17) is 0 Å². The minimum Gasteiger partial charge on any atom is -0.303 e. The highest BCUT2D eigenvalue weighted by atomic mass is 15.0. The Labute approximate surface area is 128 Å². The zero-order valence-electron chi connectivity index (χ0n) is 13.3. The molecule has 3 rings (SSSR count). The number of hydrogen-bond donors (Lipinski definition) is 1. The molecule has 110 valence electrons. The van der Waals surface area contributed by atoms with Gasteiger partial charge in [-0.05, 0) is 41.0 Å². The highest BCUT2D eigenvalue weighted by molar-refractivity contribution is 5.43. The van der Waals surface area contributed by atoms with Crippen LogP contribution in [0.4, 0.5) is 0 Å². The molecule has 0 aromatic heterocycles. The standard InChI is InChI=1S/C20H25N/c1-4-18-12-17-11-10-16(14(2)3)13-19(17)20(21-18)15-8-6-5-7-9-15/h5-11,13-14,18,20-21H,4,12H2,1-3H3. The number of benzene rings is 2. The molecule has 2 aromatic rings. The summed E-state index contributed by atoms with van der Waals surface area (Å²) in [6, 6.07) is 18.8. The fourth-order valence-corrected chi connectivity index (χ4v) is 3.26. The Morgan fingerprint density at radius 3 is 2.52 bits per heavy atom. The average Bonchev–Trinajstić information content (AvgIpc) is 2.54. The Bertz CT molecular complexity index is 600. The molecule has 0 saturated heterocycles. The van der Waals surface area contributed by atoms with Crippen molar-refractivity contribution in [1.29, 1.82) is 0 Å². The van der Waals surface area contributed by atoms with E-state index in [1.165, 1.54) is 28.7 Å². The van der Waals surface area contributed by atoms with Gasteiger partial charge in [-0.25, -0.2) is 0 Å². The fraction of sp³-hybridized carbons (Fsp3) is 0.400. The van der Waals surface area contributed by atoms with Crippen molar-refractivity contribution in [1.82, 2.24) is 5.32 Å². The second-order valence-corrected chi connectivity index (χ2v) is 6.43. The second kappa shape index (κ2) is 6.03. The molecule has 0 saturated carbocycles. The summed E-state index contributed by atoms with van der Waals surface area (Å²) in [6.45, 7) is 6.81. The van der Waals surface area contributed by atoms with E-state index < -0.39 is 0 Å². The maximum absolute atomic E-state index is 3.84. The monoisotopic (exact) mass is 279 g/mol.